The van der Waals surface area contributed by atoms with Crippen LogP contribution in [0.15, 0.2) is 24.8 Å². The first kappa shape index (κ1) is 9.49. The van der Waals surface area contributed by atoms with E-state index in [1.54, 1.807) is 0 Å². The molecule has 2 heteroatoms. The number of hydrogen-bond donors (Lipinski definition) is 0. The van der Waals surface area contributed by atoms with Crippen molar-refractivity contribution < 1.29 is 0 Å². The number of likely N-dealkylation sites (N-methyl/N-ethyl adjacent to an activating group) is 1. The second kappa shape index (κ2) is 5.12. The zero-order valence-corrected chi connectivity index (χ0v) is 7.87. The zero-order valence-electron chi connectivity index (χ0n) is 7.87. The first-order valence-corrected chi connectivity index (χ1v) is 4.51. The van der Waals surface area contributed by atoms with Gasteiger partial charge in [0.2, 0.25) is 0 Å². The summed E-state index contributed by atoms with van der Waals surface area (Å²) < 4.78 is 0. The maximum Gasteiger partial charge on any atom is 0.0167 e. The maximum absolute atomic E-state index is 3.64. The average Bonchev–Trinajstić information content (AvgIpc) is 2.09. The molecule has 0 bridgehead atoms. The highest BCUT2D eigenvalue weighted by Crippen LogP contribution is 1.98. The van der Waals surface area contributed by atoms with Crippen LogP contribution in [0.25, 0.3) is 0 Å². The molecule has 0 aromatic rings. The van der Waals surface area contributed by atoms with E-state index in [1.165, 1.54) is 26.2 Å². The molecule has 0 unspecified atom stereocenters. The molecule has 0 amide bonds. The molecule has 1 aliphatic heterocycles. The molecule has 0 aliphatic carbocycles. The van der Waals surface area contributed by atoms with Gasteiger partial charge in [0.15, 0.2) is 0 Å². The lowest BCUT2D eigenvalue weighted by Crippen LogP contribution is -2.44. The normalized spacial score (nSPS) is 21.8. The Kier molecular flexibility index (Phi) is 4.05. The monoisotopic (exact) mass is 166 g/mol. The topological polar surface area (TPSA) is 6.48 Å². The lowest BCUT2D eigenvalue weighted by atomic mass is 10.3. The first-order valence-electron chi connectivity index (χ1n) is 4.51. The summed E-state index contributed by atoms with van der Waals surface area (Å²) in [5.41, 5.74) is 0. The van der Waals surface area contributed by atoms with Crippen LogP contribution in [0.3, 0.4) is 0 Å². The Bertz CT molecular complexity index is 155. The highest BCUT2D eigenvalue weighted by molar-refractivity contribution is 4.98. The Hall–Kier alpha value is -0.600. The molecule has 2 nitrogen and oxygen atoms in total. The Morgan fingerprint density at radius 2 is 1.92 bits per heavy atom. The molecule has 1 heterocycles. The van der Waals surface area contributed by atoms with Crippen LogP contribution in [0.4, 0.5) is 0 Å². The molecule has 1 aliphatic rings. The average molecular weight is 166 g/mol. The quantitative estimate of drug-likeness (QED) is 0.577. The van der Waals surface area contributed by atoms with Gasteiger partial charge in [-0.2, -0.15) is 0 Å². The first-order chi connectivity index (χ1) is 5.83. The van der Waals surface area contributed by atoms with Gasteiger partial charge in [-0.05, 0) is 7.05 Å². The van der Waals surface area contributed by atoms with Crippen molar-refractivity contribution in [3.8, 4) is 0 Å². The fourth-order valence-corrected chi connectivity index (χ4v) is 1.34. The third-order valence-electron chi connectivity index (χ3n) is 2.23. The highest BCUT2D eigenvalue weighted by atomic mass is 15.2. The van der Waals surface area contributed by atoms with Crippen molar-refractivity contribution in [3.05, 3.63) is 24.8 Å². The largest absolute Gasteiger partial charge is 0.304 e. The summed E-state index contributed by atoms with van der Waals surface area (Å²) in [5, 5.41) is 0. The van der Waals surface area contributed by atoms with Crippen LogP contribution in [-0.2, 0) is 0 Å². The van der Waals surface area contributed by atoms with E-state index in [9.17, 15) is 0 Å². The van der Waals surface area contributed by atoms with E-state index < -0.39 is 0 Å². The summed E-state index contributed by atoms with van der Waals surface area (Å²) in [5.74, 6) is 0. The van der Waals surface area contributed by atoms with Crippen molar-refractivity contribution in [2.75, 3.05) is 39.8 Å². The van der Waals surface area contributed by atoms with Crippen molar-refractivity contribution in [3.63, 3.8) is 0 Å². The second-order valence-corrected chi connectivity index (χ2v) is 3.27. The van der Waals surface area contributed by atoms with Gasteiger partial charge in [0.1, 0.15) is 0 Å². The van der Waals surface area contributed by atoms with E-state index in [0.29, 0.717) is 0 Å². The van der Waals surface area contributed by atoms with E-state index >= 15 is 0 Å². The summed E-state index contributed by atoms with van der Waals surface area (Å²) in [4.78, 5) is 4.83. The second-order valence-electron chi connectivity index (χ2n) is 3.27. The minimum Gasteiger partial charge on any atom is -0.304 e. The van der Waals surface area contributed by atoms with Gasteiger partial charge in [0.05, 0.1) is 0 Å². The predicted molar refractivity (Wildman–Crippen MR) is 53.3 cm³/mol. The molecule has 1 fully saturated rings. The van der Waals surface area contributed by atoms with Crippen LogP contribution in [0.5, 0.6) is 0 Å². The smallest absolute Gasteiger partial charge is 0.0167 e. The molecule has 0 saturated carbocycles. The molecule has 0 N–H and O–H groups in total. The van der Waals surface area contributed by atoms with Gasteiger partial charge in [0, 0.05) is 32.7 Å². The summed E-state index contributed by atoms with van der Waals surface area (Å²) >= 11 is 0. The van der Waals surface area contributed by atoms with Gasteiger partial charge < -0.3 is 4.90 Å². The molecular formula is C10H18N2. The number of nitrogens with zero attached hydrogens (tertiary/aromatic N) is 2. The minimum atomic E-state index is 1.07. The number of piperazine rings is 1. The fraction of sp³-hybridized carbons (Fsp3) is 0.600. The van der Waals surface area contributed by atoms with Crippen molar-refractivity contribution in [2.24, 2.45) is 0 Å². The number of allylic oxidation sites excluding steroid dienone is 2. The molecule has 0 spiro atoms. The van der Waals surface area contributed by atoms with Crippen LogP contribution in [0.1, 0.15) is 0 Å². The van der Waals surface area contributed by atoms with E-state index in [-0.39, 0.29) is 0 Å². The van der Waals surface area contributed by atoms with Gasteiger partial charge >= 0.3 is 0 Å². The Morgan fingerprint density at radius 1 is 1.25 bits per heavy atom. The molecule has 12 heavy (non-hydrogen) atoms. The lowest BCUT2D eigenvalue weighted by molar-refractivity contribution is 0.166. The summed E-state index contributed by atoms with van der Waals surface area (Å²) in [6.07, 6.45) is 6.01. The van der Waals surface area contributed by atoms with Gasteiger partial charge in [0.25, 0.3) is 0 Å². The third kappa shape index (κ3) is 3.20. The number of hydrogen-bond acceptors (Lipinski definition) is 2. The molecule has 1 rings (SSSR count). The van der Waals surface area contributed by atoms with Crippen LogP contribution >= 0.6 is 0 Å². The Morgan fingerprint density at radius 3 is 2.50 bits per heavy atom. The zero-order chi connectivity index (χ0) is 8.81. The molecule has 0 radical (unpaired) electrons. The molecule has 68 valence electrons. The lowest BCUT2D eigenvalue weighted by Gasteiger charge is -2.31. The highest BCUT2D eigenvalue weighted by Gasteiger charge is 2.11. The van der Waals surface area contributed by atoms with Gasteiger partial charge in [-0.15, -0.1) is 0 Å². The van der Waals surface area contributed by atoms with Crippen LogP contribution in [-0.4, -0.2) is 49.6 Å². The third-order valence-corrected chi connectivity index (χ3v) is 2.23. The number of rotatable bonds is 3. The standard InChI is InChI=1S/C10H18N2/c1-3-4-5-6-12-9-7-11(2)8-10-12/h3-5H,1,6-10H2,2H3. The Labute approximate surface area is 75.2 Å². The fourth-order valence-electron chi connectivity index (χ4n) is 1.34. The summed E-state index contributed by atoms with van der Waals surface area (Å²) in [6.45, 7) is 9.49. The van der Waals surface area contributed by atoms with E-state index in [0.717, 1.165) is 6.54 Å². The van der Waals surface area contributed by atoms with Crippen molar-refractivity contribution in [2.45, 2.75) is 0 Å². The van der Waals surface area contributed by atoms with Gasteiger partial charge in [-0.25, -0.2) is 0 Å². The maximum atomic E-state index is 3.64. The van der Waals surface area contributed by atoms with Crippen molar-refractivity contribution in [1.29, 1.82) is 0 Å². The van der Waals surface area contributed by atoms with E-state index in [1.807, 2.05) is 12.2 Å². The van der Waals surface area contributed by atoms with E-state index in [2.05, 4.69) is 29.5 Å². The predicted octanol–water partition coefficient (Wildman–Crippen LogP) is 0.976. The molecule has 1 saturated heterocycles. The van der Waals surface area contributed by atoms with Gasteiger partial charge in [-0.3, -0.25) is 4.90 Å². The molecule has 0 aromatic heterocycles. The van der Waals surface area contributed by atoms with E-state index in [4.69, 9.17) is 0 Å². The summed E-state index contributed by atoms with van der Waals surface area (Å²) in [7, 11) is 2.18. The molecular weight excluding hydrogens is 148 g/mol. The van der Waals surface area contributed by atoms with Crippen LogP contribution in [0, 0.1) is 0 Å². The Balaban J connectivity index is 2.17. The van der Waals surface area contributed by atoms with Crippen molar-refractivity contribution in [1.82, 2.24) is 9.80 Å². The summed E-state index contributed by atoms with van der Waals surface area (Å²) in [6, 6.07) is 0. The SMILES string of the molecule is C=CC=CCN1CCN(C)CC1. The molecule has 0 atom stereocenters. The molecule has 0 aromatic carbocycles. The van der Waals surface area contributed by atoms with Crippen LogP contribution < -0.4 is 0 Å². The minimum absolute atomic E-state index is 1.07. The van der Waals surface area contributed by atoms with Gasteiger partial charge in [-0.1, -0.05) is 24.8 Å². The van der Waals surface area contributed by atoms with Crippen molar-refractivity contribution >= 4 is 0 Å². The van der Waals surface area contributed by atoms with Crippen LogP contribution in [0.2, 0.25) is 0 Å².